The Bertz CT molecular complexity index is 612. The summed E-state index contributed by atoms with van der Waals surface area (Å²) in [4.78, 5) is 18.5. The van der Waals surface area contributed by atoms with Crippen LogP contribution < -0.4 is 4.73 Å². The van der Waals surface area contributed by atoms with Crippen molar-refractivity contribution < 1.29 is 9.52 Å². The predicted molar refractivity (Wildman–Crippen MR) is 72.5 cm³/mol. The average Bonchev–Trinajstić information content (AvgIpc) is 3.30. The van der Waals surface area contributed by atoms with Crippen molar-refractivity contribution in [2.45, 2.75) is 25.4 Å². The smallest absolute Gasteiger partial charge is 0.320 e. The Hall–Kier alpha value is -2.43. The summed E-state index contributed by atoms with van der Waals surface area (Å²) in [7, 11) is 0. The molecule has 0 N–H and O–H groups in total. The molecule has 2 aromatic rings. The number of pyridine rings is 2. The zero-order chi connectivity index (χ0) is 13.9. The van der Waals surface area contributed by atoms with E-state index in [0.717, 1.165) is 18.5 Å². The zero-order valence-electron chi connectivity index (χ0n) is 11.0. The first kappa shape index (κ1) is 12.6. The largest absolute Gasteiger partial charge is 0.618 e. The van der Waals surface area contributed by atoms with Gasteiger partial charge in [-0.05, 0) is 31.0 Å². The highest BCUT2D eigenvalue weighted by Crippen LogP contribution is 2.29. The molecule has 0 atom stereocenters. The lowest BCUT2D eigenvalue weighted by Crippen LogP contribution is -2.42. The van der Waals surface area contributed by atoms with Crippen LogP contribution in [-0.2, 0) is 6.54 Å². The van der Waals surface area contributed by atoms with Crippen LogP contribution in [0.25, 0.3) is 0 Å². The molecule has 2 aromatic heterocycles. The second-order valence-corrected chi connectivity index (χ2v) is 4.90. The third-order valence-electron chi connectivity index (χ3n) is 3.35. The standard InChI is InChI=1S/C15H15N3O2/c19-15(14-6-2-4-10-18(14)20)17(13-7-8-13)11-12-5-1-3-9-16-12/h1-6,9-10,13H,7-8,11H2. The van der Waals surface area contributed by atoms with Crippen LogP contribution >= 0.6 is 0 Å². The van der Waals surface area contributed by atoms with E-state index in [0.29, 0.717) is 11.3 Å². The zero-order valence-corrected chi connectivity index (χ0v) is 11.0. The highest BCUT2D eigenvalue weighted by atomic mass is 16.5. The van der Waals surface area contributed by atoms with Gasteiger partial charge in [-0.25, -0.2) is 0 Å². The van der Waals surface area contributed by atoms with Gasteiger partial charge in [0.1, 0.15) is 0 Å². The van der Waals surface area contributed by atoms with Crippen molar-refractivity contribution in [2.75, 3.05) is 0 Å². The number of hydrogen-bond acceptors (Lipinski definition) is 3. The summed E-state index contributed by atoms with van der Waals surface area (Å²) in [5.41, 5.74) is 0.997. The van der Waals surface area contributed by atoms with Crippen LogP contribution in [0.3, 0.4) is 0 Å². The lowest BCUT2D eigenvalue weighted by Gasteiger charge is -2.21. The number of rotatable bonds is 4. The fourth-order valence-corrected chi connectivity index (χ4v) is 2.16. The van der Waals surface area contributed by atoms with Crippen molar-refractivity contribution in [3.63, 3.8) is 0 Å². The summed E-state index contributed by atoms with van der Waals surface area (Å²) in [6, 6.07) is 10.7. The maximum Gasteiger partial charge on any atom is 0.320 e. The minimum Gasteiger partial charge on any atom is -0.618 e. The predicted octanol–water partition coefficient (Wildman–Crippen LogP) is 1.52. The van der Waals surface area contributed by atoms with Gasteiger partial charge in [0.15, 0.2) is 6.20 Å². The van der Waals surface area contributed by atoms with Crippen LogP contribution in [0.4, 0.5) is 0 Å². The van der Waals surface area contributed by atoms with Crippen molar-refractivity contribution in [1.29, 1.82) is 0 Å². The van der Waals surface area contributed by atoms with E-state index in [-0.39, 0.29) is 17.6 Å². The Morgan fingerprint density at radius 1 is 1.30 bits per heavy atom. The fraction of sp³-hybridized carbons (Fsp3) is 0.267. The van der Waals surface area contributed by atoms with Crippen molar-refractivity contribution in [3.05, 3.63) is 65.4 Å². The van der Waals surface area contributed by atoms with Crippen LogP contribution in [-0.4, -0.2) is 21.8 Å². The molecule has 20 heavy (non-hydrogen) atoms. The van der Waals surface area contributed by atoms with E-state index in [9.17, 15) is 10.0 Å². The van der Waals surface area contributed by atoms with Gasteiger partial charge in [0, 0.05) is 24.4 Å². The van der Waals surface area contributed by atoms with Crippen molar-refractivity contribution >= 4 is 5.91 Å². The summed E-state index contributed by atoms with van der Waals surface area (Å²) in [5, 5.41) is 11.7. The van der Waals surface area contributed by atoms with E-state index in [2.05, 4.69) is 4.98 Å². The summed E-state index contributed by atoms with van der Waals surface area (Å²) < 4.78 is 0.621. The molecule has 0 unspecified atom stereocenters. The van der Waals surface area contributed by atoms with Crippen LogP contribution in [0, 0.1) is 5.21 Å². The van der Waals surface area contributed by atoms with E-state index < -0.39 is 0 Å². The summed E-state index contributed by atoms with van der Waals surface area (Å²) >= 11 is 0. The van der Waals surface area contributed by atoms with Gasteiger partial charge >= 0.3 is 5.91 Å². The van der Waals surface area contributed by atoms with E-state index in [1.807, 2.05) is 18.2 Å². The van der Waals surface area contributed by atoms with E-state index in [1.165, 1.54) is 6.20 Å². The maximum absolute atomic E-state index is 12.5. The van der Waals surface area contributed by atoms with Gasteiger partial charge in [-0.2, -0.15) is 4.73 Å². The Labute approximate surface area is 117 Å². The summed E-state index contributed by atoms with van der Waals surface area (Å²) in [5.74, 6) is -0.228. The van der Waals surface area contributed by atoms with E-state index in [1.54, 1.807) is 29.3 Å². The summed E-state index contributed by atoms with van der Waals surface area (Å²) in [6.07, 6.45) is 5.04. The molecule has 0 bridgehead atoms. The first-order valence-corrected chi connectivity index (χ1v) is 6.65. The molecule has 0 aromatic carbocycles. The molecule has 0 aliphatic heterocycles. The third-order valence-corrected chi connectivity index (χ3v) is 3.35. The number of amides is 1. The minimum absolute atomic E-state index is 0.162. The lowest BCUT2D eigenvalue weighted by molar-refractivity contribution is -0.608. The average molecular weight is 269 g/mol. The highest BCUT2D eigenvalue weighted by Gasteiger charge is 2.35. The van der Waals surface area contributed by atoms with Crippen molar-refractivity contribution in [3.8, 4) is 0 Å². The topological polar surface area (TPSA) is 60.1 Å². The normalized spacial score (nSPS) is 14.0. The fourth-order valence-electron chi connectivity index (χ4n) is 2.16. The second-order valence-electron chi connectivity index (χ2n) is 4.90. The van der Waals surface area contributed by atoms with Crippen molar-refractivity contribution in [1.82, 2.24) is 9.88 Å². The number of nitrogens with zero attached hydrogens (tertiary/aromatic N) is 3. The monoisotopic (exact) mass is 269 g/mol. The van der Waals surface area contributed by atoms with Gasteiger partial charge < -0.3 is 10.1 Å². The Kier molecular flexibility index (Phi) is 3.33. The Balaban J connectivity index is 1.84. The van der Waals surface area contributed by atoms with Gasteiger partial charge in [0.25, 0.3) is 5.69 Å². The SMILES string of the molecule is O=C(c1cccc[n+]1[O-])N(Cc1ccccn1)C1CC1. The van der Waals surface area contributed by atoms with Crippen molar-refractivity contribution in [2.24, 2.45) is 0 Å². The van der Waals surface area contributed by atoms with Crippen LogP contribution in [0.1, 0.15) is 29.0 Å². The Morgan fingerprint density at radius 3 is 2.75 bits per heavy atom. The molecule has 1 saturated carbocycles. The van der Waals surface area contributed by atoms with Gasteiger partial charge in [-0.15, -0.1) is 0 Å². The second kappa shape index (κ2) is 5.28. The van der Waals surface area contributed by atoms with Crippen LogP contribution in [0.2, 0.25) is 0 Å². The van der Waals surface area contributed by atoms with Crippen LogP contribution in [0.15, 0.2) is 48.8 Å². The number of carbonyl (C=O) groups excluding carboxylic acids is 1. The molecule has 1 fully saturated rings. The molecule has 102 valence electrons. The first-order valence-electron chi connectivity index (χ1n) is 6.65. The molecule has 0 radical (unpaired) electrons. The maximum atomic E-state index is 12.5. The van der Waals surface area contributed by atoms with Gasteiger partial charge in [0.05, 0.1) is 12.2 Å². The van der Waals surface area contributed by atoms with Gasteiger partial charge in [-0.3, -0.25) is 9.78 Å². The molecule has 5 heteroatoms. The molecule has 2 heterocycles. The first-order chi connectivity index (χ1) is 9.75. The lowest BCUT2D eigenvalue weighted by atomic mass is 10.2. The molecule has 3 rings (SSSR count). The molecule has 1 aliphatic carbocycles. The number of aromatic nitrogens is 2. The highest BCUT2D eigenvalue weighted by molar-refractivity contribution is 5.91. The number of hydrogen-bond donors (Lipinski definition) is 0. The quantitative estimate of drug-likeness (QED) is 0.624. The molecular formula is C15H15N3O2. The van der Waals surface area contributed by atoms with Crippen LogP contribution in [0.5, 0.6) is 0 Å². The molecule has 1 amide bonds. The summed E-state index contributed by atoms with van der Waals surface area (Å²) in [6.45, 7) is 0.444. The number of carbonyl (C=O) groups is 1. The molecule has 1 aliphatic rings. The molecule has 0 saturated heterocycles. The molecule has 0 spiro atoms. The molecular weight excluding hydrogens is 254 g/mol. The van der Waals surface area contributed by atoms with Gasteiger partial charge in [0.2, 0.25) is 0 Å². The minimum atomic E-state index is -0.228. The molecule has 5 nitrogen and oxygen atoms in total. The van der Waals surface area contributed by atoms with E-state index in [4.69, 9.17) is 0 Å². The third kappa shape index (κ3) is 2.61. The Morgan fingerprint density at radius 2 is 2.10 bits per heavy atom. The van der Waals surface area contributed by atoms with E-state index >= 15 is 0 Å². The van der Waals surface area contributed by atoms with Gasteiger partial charge in [-0.1, -0.05) is 6.07 Å².